The lowest BCUT2D eigenvalue weighted by Crippen LogP contribution is -2.36. The van der Waals surface area contributed by atoms with Gasteiger partial charge >= 0.3 is 0 Å². The van der Waals surface area contributed by atoms with Gasteiger partial charge in [0, 0.05) is 6.07 Å². The first-order chi connectivity index (χ1) is 6.50. The van der Waals surface area contributed by atoms with Crippen LogP contribution in [-0.4, -0.2) is 36.1 Å². The summed E-state index contributed by atoms with van der Waals surface area (Å²) in [6, 6.07) is 1.49. The Kier molecular flexibility index (Phi) is 3.24. The van der Waals surface area contributed by atoms with Crippen LogP contribution >= 0.6 is 0 Å². The molecule has 0 aliphatic rings. The lowest BCUT2D eigenvalue weighted by Gasteiger charge is -2.17. The normalized spacial score (nSPS) is 12.9. The van der Waals surface area contributed by atoms with Crippen molar-refractivity contribution < 1.29 is 9.32 Å². The number of nitrogens with zero attached hydrogens (tertiary/aromatic N) is 2. The molecule has 1 atom stereocenters. The van der Waals surface area contributed by atoms with E-state index in [9.17, 15) is 4.79 Å². The molecule has 14 heavy (non-hydrogen) atoms. The number of hydrogen-bond donors (Lipinski definition) is 1. The van der Waals surface area contributed by atoms with Crippen molar-refractivity contribution >= 4 is 11.8 Å². The zero-order valence-corrected chi connectivity index (χ0v) is 8.87. The summed E-state index contributed by atoms with van der Waals surface area (Å²) in [5, 5.41) is 6.30. The Morgan fingerprint density at radius 2 is 2.29 bits per heavy atom. The fourth-order valence-electron chi connectivity index (χ4n) is 0.883. The summed E-state index contributed by atoms with van der Waals surface area (Å²) < 4.78 is 4.86. The third-order valence-electron chi connectivity index (χ3n) is 2.03. The van der Waals surface area contributed by atoms with Crippen LogP contribution < -0.4 is 5.32 Å². The number of rotatable bonds is 3. The van der Waals surface area contributed by atoms with Crippen molar-refractivity contribution in [2.75, 3.05) is 19.4 Å². The van der Waals surface area contributed by atoms with Crippen molar-refractivity contribution in [2.45, 2.75) is 19.9 Å². The predicted molar refractivity (Wildman–Crippen MR) is 53.0 cm³/mol. The van der Waals surface area contributed by atoms with Gasteiger partial charge in [-0.1, -0.05) is 5.16 Å². The van der Waals surface area contributed by atoms with Gasteiger partial charge in [-0.25, -0.2) is 0 Å². The first kappa shape index (κ1) is 10.7. The van der Waals surface area contributed by atoms with Gasteiger partial charge in [0.1, 0.15) is 0 Å². The Bertz CT molecular complexity index is 320. The van der Waals surface area contributed by atoms with E-state index in [4.69, 9.17) is 4.52 Å². The summed E-state index contributed by atoms with van der Waals surface area (Å²) in [5.74, 6) is 0.285. The van der Waals surface area contributed by atoms with Crippen LogP contribution in [0.4, 0.5) is 5.88 Å². The summed E-state index contributed by atoms with van der Waals surface area (Å²) in [5.41, 5.74) is 0.748. The Morgan fingerprint density at radius 1 is 1.64 bits per heavy atom. The highest BCUT2D eigenvalue weighted by molar-refractivity contribution is 5.93. The van der Waals surface area contributed by atoms with E-state index in [1.807, 2.05) is 25.9 Å². The van der Waals surface area contributed by atoms with E-state index in [0.717, 1.165) is 5.69 Å². The van der Waals surface area contributed by atoms with E-state index < -0.39 is 0 Å². The largest absolute Gasteiger partial charge is 0.338 e. The molecule has 0 aliphatic carbocycles. The number of hydrogen-bond acceptors (Lipinski definition) is 4. The number of anilines is 1. The molecule has 0 spiro atoms. The van der Waals surface area contributed by atoms with Gasteiger partial charge in [0.15, 0.2) is 0 Å². The van der Waals surface area contributed by atoms with E-state index in [1.165, 1.54) is 0 Å². The van der Waals surface area contributed by atoms with Gasteiger partial charge in [0.05, 0.1) is 11.7 Å². The van der Waals surface area contributed by atoms with Crippen molar-refractivity contribution in [2.24, 2.45) is 0 Å². The second-order valence-electron chi connectivity index (χ2n) is 3.46. The topological polar surface area (TPSA) is 58.4 Å². The number of carbonyl (C=O) groups is 1. The SMILES string of the molecule is Cc1cc(NC(=O)C(C)N(C)C)on1. The zero-order chi connectivity index (χ0) is 10.7. The van der Waals surface area contributed by atoms with Crippen molar-refractivity contribution in [3.05, 3.63) is 11.8 Å². The molecule has 0 radical (unpaired) electrons. The standard InChI is InChI=1S/C9H15N3O2/c1-6-5-8(14-11-6)10-9(13)7(2)12(3)4/h5,7H,1-4H3,(H,10,13). The lowest BCUT2D eigenvalue weighted by molar-refractivity contribution is -0.120. The molecule has 1 amide bonds. The van der Waals surface area contributed by atoms with Crippen molar-refractivity contribution in [3.8, 4) is 0 Å². The van der Waals surface area contributed by atoms with Crippen molar-refractivity contribution in [3.63, 3.8) is 0 Å². The number of nitrogens with one attached hydrogen (secondary N) is 1. The fraction of sp³-hybridized carbons (Fsp3) is 0.556. The van der Waals surface area contributed by atoms with Crippen molar-refractivity contribution in [1.29, 1.82) is 0 Å². The first-order valence-electron chi connectivity index (χ1n) is 4.41. The highest BCUT2D eigenvalue weighted by Gasteiger charge is 2.16. The molecule has 0 aromatic carbocycles. The van der Waals surface area contributed by atoms with Crippen LogP contribution in [0.3, 0.4) is 0 Å². The molecule has 0 saturated heterocycles. The molecule has 1 unspecified atom stereocenters. The summed E-state index contributed by atoms with van der Waals surface area (Å²) in [6.45, 7) is 3.62. The Labute approximate surface area is 83.1 Å². The van der Waals surface area contributed by atoms with Gasteiger partial charge in [0.2, 0.25) is 11.8 Å². The molecule has 1 rings (SSSR count). The van der Waals surface area contributed by atoms with Gasteiger partial charge in [-0.3, -0.25) is 15.0 Å². The minimum absolute atomic E-state index is 0.105. The number of aromatic nitrogens is 1. The molecule has 0 fully saturated rings. The molecule has 0 bridgehead atoms. The van der Waals surface area contributed by atoms with Crippen LogP contribution in [-0.2, 0) is 4.79 Å². The molecule has 0 aliphatic heterocycles. The molecule has 5 heteroatoms. The third kappa shape index (κ3) is 2.56. The van der Waals surface area contributed by atoms with Crippen LogP contribution in [0.25, 0.3) is 0 Å². The first-order valence-corrected chi connectivity index (χ1v) is 4.41. The number of aryl methyl sites for hydroxylation is 1. The molecule has 0 saturated carbocycles. The zero-order valence-electron chi connectivity index (χ0n) is 8.87. The van der Waals surface area contributed by atoms with Gasteiger partial charge in [0.25, 0.3) is 0 Å². The number of carbonyl (C=O) groups excluding carboxylic acids is 1. The summed E-state index contributed by atoms with van der Waals surface area (Å²) in [6.07, 6.45) is 0. The number of amides is 1. The predicted octanol–water partition coefficient (Wildman–Crippen LogP) is 0.872. The summed E-state index contributed by atoms with van der Waals surface area (Å²) >= 11 is 0. The maximum absolute atomic E-state index is 11.5. The smallest absolute Gasteiger partial charge is 0.243 e. The van der Waals surface area contributed by atoms with Crippen LogP contribution in [0.5, 0.6) is 0 Å². The fourth-order valence-corrected chi connectivity index (χ4v) is 0.883. The Balaban J connectivity index is 2.57. The summed E-state index contributed by atoms with van der Waals surface area (Å²) in [4.78, 5) is 13.3. The molecule has 78 valence electrons. The Morgan fingerprint density at radius 3 is 2.71 bits per heavy atom. The average Bonchev–Trinajstić information content (AvgIpc) is 2.49. The Hall–Kier alpha value is -1.36. The maximum Gasteiger partial charge on any atom is 0.243 e. The molecule has 1 heterocycles. The minimum atomic E-state index is -0.194. The van der Waals surface area contributed by atoms with E-state index >= 15 is 0 Å². The minimum Gasteiger partial charge on any atom is -0.338 e. The second kappa shape index (κ2) is 4.23. The highest BCUT2D eigenvalue weighted by atomic mass is 16.5. The van der Waals surface area contributed by atoms with E-state index in [0.29, 0.717) is 5.88 Å². The maximum atomic E-state index is 11.5. The van der Waals surface area contributed by atoms with Crippen molar-refractivity contribution in [1.82, 2.24) is 10.1 Å². The van der Waals surface area contributed by atoms with Crippen LogP contribution in [0.2, 0.25) is 0 Å². The quantitative estimate of drug-likeness (QED) is 0.781. The van der Waals surface area contributed by atoms with Crippen LogP contribution in [0.1, 0.15) is 12.6 Å². The molecule has 5 nitrogen and oxygen atoms in total. The monoisotopic (exact) mass is 197 g/mol. The second-order valence-corrected chi connectivity index (χ2v) is 3.46. The van der Waals surface area contributed by atoms with Gasteiger partial charge in [-0.05, 0) is 27.9 Å². The lowest BCUT2D eigenvalue weighted by atomic mass is 10.3. The molecule has 1 aromatic heterocycles. The summed E-state index contributed by atoms with van der Waals surface area (Å²) in [7, 11) is 3.69. The number of likely N-dealkylation sites (N-methyl/N-ethyl adjacent to an activating group) is 1. The molecule has 1 N–H and O–H groups in total. The van der Waals surface area contributed by atoms with E-state index in [2.05, 4.69) is 10.5 Å². The van der Waals surface area contributed by atoms with Gasteiger partial charge in [-0.15, -0.1) is 0 Å². The third-order valence-corrected chi connectivity index (χ3v) is 2.03. The highest BCUT2D eigenvalue weighted by Crippen LogP contribution is 2.09. The average molecular weight is 197 g/mol. The van der Waals surface area contributed by atoms with Gasteiger partial charge in [-0.2, -0.15) is 0 Å². The molecular weight excluding hydrogens is 182 g/mol. The van der Waals surface area contributed by atoms with Crippen LogP contribution in [0.15, 0.2) is 10.6 Å². The van der Waals surface area contributed by atoms with Crippen LogP contribution in [0, 0.1) is 6.92 Å². The molecule has 1 aromatic rings. The van der Waals surface area contributed by atoms with E-state index in [1.54, 1.807) is 13.0 Å². The molecular formula is C9H15N3O2. The van der Waals surface area contributed by atoms with Gasteiger partial charge < -0.3 is 4.52 Å². The van der Waals surface area contributed by atoms with E-state index in [-0.39, 0.29) is 11.9 Å².